The summed E-state index contributed by atoms with van der Waals surface area (Å²) in [5.74, 6) is -0.280. The molecule has 0 radical (unpaired) electrons. The topological polar surface area (TPSA) is 193 Å². The molecule has 4 aromatic heterocycles. The monoisotopic (exact) mass is 663 g/mol. The van der Waals surface area contributed by atoms with E-state index in [1.165, 1.54) is 29.6 Å². The first-order valence-corrected chi connectivity index (χ1v) is 16.8. The Bertz CT molecular complexity index is 1970. The molecular weight excluding hydrogens is 629 g/mol. The van der Waals surface area contributed by atoms with Gasteiger partial charge in [-0.05, 0) is 44.3 Å². The van der Waals surface area contributed by atoms with Gasteiger partial charge in [-0.2, -0.15) is 5.10 Å². The van der Waals surface area contributed by atoms with Crippen molar-refractivity contribution in [2.24, 2.45) is 5.92 Å². The van der Waals surface area contributed by atoms with Crippen LogP contribution < -0.4 is 26.8 Å². The average Bonchev–Trinajstić information content (AvgIpc) is 3.68. The number of amides is 4. The fourth-order valence-corrected chi connectivity index (χ4v) is 8.17. The molecule has 16 heteroatoms. The zero-order valence-corrected chi connectivity index (χ0v) is 27.6. The van der Waals surface area contributed by atoms with Crippen molar-refractivity contribution in [3.05, 3.63) is 32.3 Å². The van der Waals surface area contributed by atoms with Gasteiger partial charge in [-0.15, -0.1) is 16.4 Å². The molecule has 4 amide bonds. The van der Waals surface area contributed by atoms with Crippen molar-refractivity contribution in [2.45, 2.75) is 59.2 Å². The van der Waals surface area contributed by atoms with Gasteiger partial charge < -0.3 is 31.9 Å². The number of nitrogen functional groups attached to an aromatic ring is 2. The lowest BCUT2D eigenvalue weighted by Gasteiger charge is -2.39. The fraction of sp³-hybridized carbons (Fsp3) is 0.467. The van der Waals surface area contributed by atoms with E-state index in [-0.39, 0.29) is 48.2 Å². The highest BCUT2D eigenvalue weighted by atomic mass is 32.1. The van der Waals surface area contributed by atoms with Crippen LogP contribution in [0.15, 0.2) is 0 Å². The Morgan fingerprint density at radius 1 is 0.848 bits per heavy atom. The van der Waals surface area contributed by atoms with E-state index in [9.17, 15) is 19.2 Å². The summed E-state index contributed by atoms with van der Waals surface area (Å²) in [5.41, 5.74) is 17.0. The quantitative estimate of drug-likeness (QED) is 0.209. The molecule has 4 aromatic rings. The third kappa shape index (κ3) is 5.08. The minimum Gasteiger partial charge on any atom is -0.397 e. The maximum absolute atomic E-state index is 13.3. The van der Waals surface area contributed by atoms with Crippen LogP contribution in [0.25, 0.3) is 20.4 Å². The Hall–Kier alpha value is -4.44. The number of thiophene rings is 2. The number of hydrogen-bond donors (Lipinski definition) is 4. The van der Waals surface area contributed by atoms with Gasteiger partial charge >= 0.3 is 0 Å². The van der Waals surface area contributed by atoms with Crippen molar-refractivity contribution in [2.75, 3.05) is 37.6 Å². The van der Waals surface area contributed by atoms with Crippen molar-refractivity contribution in [3.63, 3.8) is 0 Å². The third-order valence-corrected chi connectivity index (χ3v) is 11.4. The van der Waals surface area contributed by atoms with Gasteiger partial charge in [0.25, 0.3) is 16.6 Å². The van der Waals surface area contributed by atoms with Crippen LogP contribution in [0.4, 0.5) is 11.4 Å². The van der Waals surface area contributed by atoms with Crippen LogP contribution in [0.1, 0.15) is 61.6 Å². The second-order valence-electron chi connectivity index (χ2n) is 12.5. The lowest BCUT2D eigenvalue weighted by atomic mass is 10.1. The molecule has 6 N–H and O–H groups in total. The number of carbonyl (C=O) groups excluding carboxylic acids is 4. The zero-order chi connectivity index (χ0) is 32.6. The third-order valence-electron chi connectivity index (χ3n) is 9.14. The van der Waals surface area contributed by atoms with Crippen molar-refractivity contribution in [3.8, 4) is 0 Å². The minimum absolute atomic E-state index is 0.0226. The predicted octanol–water partition coefficient (Wildman–Crippen LogP) is 1.04. The van der Waals surface area contributed by atoms with Crippen molar-refractivity contribution >= 4 is 78.1 Å². The number of aromatic nitrogens is 4. The second-order valence-corrected chi connectivity index (χ2v) is 14.5. The molecule has 240 valence electrons. The van der Waals surface area contributed by atoms with Gasteiger partial charge in [0.15, 0.2) is 0 Å². The molecule has 6 heterocycles. The molecule has 1 aliphatic carbocycles. The van der Waals surface area contributed by atoms with E-state index in [1.807, 2.05) is 20.8 Å². The van der Waals surface area contributed by atoms with Crippen LogP contribution in [0.3, 0.4) is 0 Å². The lowest BCUT2D eigenvalue weighted by Crippen LogP contribution is -2.61. The number of nitrogens with zero attached hydrogens (tertiary/aromatic N) is 6. The smallest absolute Gasteiger partial charge is 0.298 e. The number of carbonyl (C=O) groups is 4. The van der Waals surface area contributed by atoms with E-state index in [2.05, 4.69) is 20.8 Å². The van der Waals surface area contributed by atoms with E-state index >= 15 is 0 Å². The van der Waals surface area contributed by atoms with Crippen molar-refractivity contribution in [1.82, 2.24) is 35.7 Å². The van der Waals surface area contributed by atoms with Crippen LogP contribution in [-0.4, -0.2) is 87.0 Å². The maximum atomic E-state index is 13.3. The van der Waals surface area contributed by atoms with Crippen LogP contribution in [0.2, 0.25) is 0 Å². The number of nitrogens with two attached hydrogens (primary N) is 2. The molecule has 7 rings (SSSR count). The number of rotatable bonds is 7. The Labute approximate surface area is 272 Å². The molecule has 1 saturated carbocycles. The standard InChI is InChI=1S/C30H34N10O4S2/c1-12-13(2)37-40(30-20(12)22(31)25(46-30)27(43)33-17-7-38(8-17)15(4)41)11-19-14(3)35-36-28-21(19)23(32)24(45-28)26(42)34-18-9-39(10-18)29(44)16-5-6-16/h16-18H,5-11H2,1-4H3,(H5-,31,32,33,34,42,43)/p+1. The number of anilines is 2. The number of fused-ring (bicyclic) bond motifs is 2. The van der Waals surface area contributed by atoms with Gasteiger partial charge in [0.2, 0.25) is 18.4 Å². The Kier molecular flexibility index (Phi) is 7.31. The van der Waals surface area contributed by atoms with Crippen molar-refractivity contribution < 1.29 is 23.9 Å². The molecule has 14 nitrogen and oxygen atoms in total. The van der Waals surface area contributed by atoms with Gasteiger partial charge in [0, 0.05) is 44.4 Å². The summed E-state index contributed by atoms with van der Waals surface area (Å²) in [6.45, 7) is 9.37. The lowest BCUT2D eigenvalue weighted by molar-refractivity contribution is -0.720. The molecular formula is C30H35N10O4S2+. The van der Waals surface area contributed by atoms with Crippen LogP contribution >= 0.6 is 22.7 Å². The van der Waals surface area contributed by atoms with Crippen LogP contribution in [0, 0.1) is 26.7 Å². The summed E-state index contributed by atoms with van der Waals surface area (Å²) in [7, 11) is 0. The molecule has 3 aliphatic rings. The van der Waals surface area contributed by atoms with Crippen LogP contribution in [0.5, 0.6) is 0 Å². The summed E-state index contributed by atoms with van der Waals surface area (Å²) in [4.78, 5) is 55.9. The average molecular weight is 664 g/mol. The SMILES string of the molecule is CC(=O)N1CC(NC(=O)c2sc3c(c(C)c(C)n[n+]3Cc3c(C)nnc4sc(C(=O)NC5CN(C(=O)C6CC6)C5)c(N)c34)c2N)C1. The van der Waals surface area contributed by atoms with Gasteiger partial charge in [0.1, 0.15) is 20.3 Å². The Morgan fingerprint density at radius 3 is 2.04 bits per heavy atom. The predicted molar refractivity (Wildman–Crippen MR) is 173 cm³/mol. The summed E-state index contributed by atoms with van der Waals surface area (Å²) in [6.07, 6.45) is 1.90. The number of aryl methyl sites for hydroxylation is 3. The fourth-order valence-electron chi connectivity index (χ4n) is 6.07. The molecule has 0 spiro atoms. The first-order valence-electron chi connectivity index (χ1n) is 15.2. The second kappa shape index (κ2) is 11.1. The first kappa shape index (κ1) is 30.2. The van der Waals surface area contributed by atoms with Gasteiger partial charge in [-0.25, -0.2) is 0 Å². The molecule has 3 fully saturated rings. The van der Waals surface area contributed by atoms with E-state index in [0.717, 1.165) is 39.9 Å². The molecule has 0 unspecified atom stereocenters. The maximum Gasteiger partial charge on any atom is 0.298 e. The zero-order valence-electron chi connectivity index (χ0n) is 26.0. The minimum atomic E-state index is -0.299. The summed E-state index contributed by atoms with van der Waals surface area (Å²) in [6, 6.07) is -0.252. The molecule has 2 saturated heterocycles. The van der Waals surface area contributed by atoms with E-state index in [0.29, 0.717) is 63.2 Å². The highest BCUT2D eigenvalue weighted by molar-refractivity contribution is 7.21. The van der Waals surface area contributed by atoms with E-state index < -0.39 is 0 Å². The van der Waals surface area contributed by atoms with Crippen LogP contribution in [-0.2, 0) is 16.1 Å². The molecule has 46 heavy (non-hydrogen) atoms. The van der Waals surface area contributed by atoms with Crippen molar-refractivity contribution in [1.29, 1.82) is 0 Å². The molecule has 0 bridgehead atoms. The van der Waals surface area contributed by atoms with Gasteiger partial charge in [-0.1, -0.05) is 16.0 Å². The summed E-state index contributed by atoms with van der Waals surface area (Å²) in [5, 5.41) is 21.0. The molecule has 2 aliphatic heterocycles. The summed E-state index contributed by atoms with van der Waals surface area (Å²) < 4.78 is 1.80. The normalized spacial score (nSPS) is 16.9. The highest BCUT2D eigenvalue weighted by Crippen LogP contribution is 2.38. The molecule has 0 atom stereocenters. The first-order chi connectivity index (χ1) is 21.9. The van der Waals surface area contributed by atoms with E-state index in [4.69, 9.17) is 16.6 Å². The van der Waals surface area contributed by atoms with Gasteiger partial charge in [0.05, 0.1) is 40.1 Å². The highest BCUT2D eigenvalue weighted by Gasteiger charge is 2.40. The number of likely N-dealkylation sites (tertiary alicyclic amines) is 2. The largest absolute Gasteiger partial charge is 0.397 e. The van der Waals surface area contributed by atoms with E-state index in [1.54, 1.807) is 14.5 Å². The number of nitrogens with one attached hydrogen (secondary N) is 2. The van der Waals surface area contributed by atoms with Gasteiger partial charge in [-0.3, -0.25) is 19.2 Å². The Morgan fingerprint density at radius 2 is 1.43 bits per heavy atom. The number of hydrogen-bond acceptors (Lipinski definition) is 11. The molecule has 0 aromatic carbocycles. The summed E-state index contributed by atoms with van der Waals surface area (Å²) >= 11 is 2.44. The Balaban J connectivity index is 1.17.